The first-order valence-electron chi connectivity index (χ1n) is 6.86. The summed E-state index contributed by atoms with van der Waals surface area (Å²) in [6.45, 7) is 2.25. The maximum Gasteiger partial charge on any atom is 0.236 e. The molecule has 4 atom stereocenters. The van der Waals surface area contributed by atoms with Crippen LogP contribution in [0.5, 0.6) is 0 Å². The van der Waals surface area contributed by atoms with E-state index in [2.05, 4.69) is 0 Å². The molecule has 4 nitrogen and oxygen atoms in total. The van der Waals surface area contributed by atoms with Gasteiger partial charge in [0, 0.05) is 0 Å². The number of carbonyl (C=O) groups excluding carboxylic acids is 2. The average Bonchev–Trinajstić information content (AvgIpc) is 3.04. The van der Waals surface area contributed by atoms with Gasteiger partial charge in [0.1, 0.15) is 0 Å². The van der Waals surface area contributed by atoms with Gasteiger partial charge in [-0.3, -0.25) is 14.5 Å². The largest absolute Gasteiger partial charge is 0.362 e. The summed E-state index contributed by atoms with van der Waals surface area (Å²) in [4.78, 5) is 26.5. The van der Waals surface area contributed by atoms with E-state index in [4.69, 9.17) is 4.74 Å². The normalized spacial score (nSPS) is 37.9. The summed E-state index contributed by atoms with van der Waals surface area (Å²) in [5.41, 5.74) is 0.369. The van der Waals surface area contributed by atoms with Crippen LogP contribution in [0.4, 0.5) is 0 Å². The Morgan fingerprint density at radius 2 is 1.95 bits per heavy atom. The summed E-state index contributed by atoms with van der Waals surface area (Å²) in [6, 6.07) is 9.61. The summed E-state index contributed by atoms with van der Waals surface area (Å²) in [6.07, 6.45) is 3.61. The summed E-state index contributed by atoms with van der Waals surface area (Å²) < 4.78 is 5.79. The van der Waals surface area contributed by atoms with E-state index in [-0.39, 0.29) is 29.8 Å². The Balaban J connectivity index is 1.66. The molecular formula is C16H15NO3. The minimum absolute atomic E-state index is 0.0954. The minimum Gasteiger partial charge on any atom is -0.362 e. The molecule has 0 unspecified atom stereocenters. The van der Waals surface area contributed by atoms with Crippen LogP contribution in [0.25, 0.3) is 0 Å². The van der Waals surface area contributed by atoms with Crippen molar-refractivity contribution in [3.05, 3.63) is 48.0 Å². The topological polar surface area (TPSA) is 46.6 Å². The number of carbonyl (C=O) groups is 2. The van der Waals surface area contributed by atoms with Gasteiger partial charge in [-0.2, -0.15) is 0 Å². The molecule has 0 spiro atoms. The molecule has 3 aliphatic rings. The molecule has 2 fully saturated rings. The fourth-order valence-corrected chi connectivity index (χ4v) is 3.63. The Kier molecular flexibility index (Phi) is 2.25. The molecule has 102 valence electrons. The van der Waals surface area contributed by atoms with E-state index in [1.807, 2.05) is 49.4 Å². The molecule has 2 bridgehead atoms. The van der Waals surface area contributed by atoms with Crippen molar-refractivity contribution < 1.29 is 14.3 Å². The molecule has 2 amide bonds. The van der Waals surface area contributed by atoms with Gasteiger partial charge in [-0.1, -0.05) is 42.5 Å². The standard InChI is InChI=1S/C16H15NO3/c1-16-8-7-11(20-16)12-13(16)15(19)17(14(12)18)9-10-5-3-2-4-6-10/h2-8,11-13H,9H2,1H3/t11-,12-,13+,16+/m1/s1. The van der Waals surface area contributed by atoms with Crippen molar-refractivity contribution in [2.45, 2.75) is 25.2 Å². The molecule has 1 aromatic rings. The summed E-state index contributed by atoms with van der Waals surface area (Å²) in [5, 5.41) is 0. The van der Waals surface area contributed by atoms with E-state index in [1.165, 1.54) is 4.90 Å². The average molecular weight is 269 g/mol. The highest BCUT2D eigenvalue weighted by molar-refractivity contribution is 6.07. The lowest BCUT2D eigenvalue weighted by Crippen LogP contribution is -2.38. The lowest BCUT2D eigenvalue weighted by atomic mass is 9.78. The van der Waals surface area contributed by atoms with Crippen molar-refractivity contribution in [3.8, 4) is 0 Å². The number of amides is 2. The van der Waals surface area contributed by atoms with Crippen LogP contribution >= 0.6 is 0 Å². The van der Waals surface area contributed by atoms with Crippen LogP contribution in [0.1, 0.15) is 12.5 Å². The van der Waals surface area contributed by atoms with Gasteiger partial charge in [0.15, 0.2) is 0 Å². The number of imide groups is 1. The summed E-state index contributed by atoms with van der Waals surface area (Å²) in [7, 11) is 0. The van der Waals surface area contributed by atoms with Crippen LogP contribution in [0, 0.1) is 11.8 Å². The molecule has 1 aromatic carbocycles. The van der Waals surface area contributed by atoms with E-state index in [1.54, 1.807) is 0 Å². The summed E-state index contributed by atoms with van der Waals surface area (Å²) >= 11 is 0. The van der Waals surface area contributed by atoms with Crippen LogP contribution in [0.15, 0.2) is 42.5 Å². The van der Waals surface area contributed by atoms with E-state index in [0.29, 0.717) is 6.54 Å². The van der Waals surface area contributed by atoms with E-state index >= 15 is 0 Å². The smallest absolute Gasteiger partial charge is 0.236 e. The number of rotatable bonds is 2. The molecule has 0 saturated carbocycles. The Morgan fingerprint density at radius 1 is 1.20 bits per heavy atom. The number of fused-ring (bicyclic) bond motifs is 5. The highest BCUT2D eigenvalue weighted by Crippen LogP contribution is 2.51. The third-order valence-corrected chi connectivity index (χ3v) is 4.60. The number of ether oxygens (including phenoxy) is 1. The van der Waals surface area contributed by atoms with Crippen LogP contribution in [0.3, 0.4) is 0 Å². The van der Waals surface area contributed by atoms with Crippen LogP contribution < -0.4 is 0 Å². The van der Waals surface area contributed by atoms with Crippen LogP contribution in [-0.2, 0) is 20.9 Å². The number of hydrogen-bond acceptors (Lipinski definition) is 3. The van der Waals surface area contributed by atoms with E-state index in [0.717, 1.165) is 5.56 Å². The minimum atomic E-state index is -0.604. The molecule has 3 aliphatic heterocycles. The van der Waals surface area contributed by atoms with E-state index < -0.39 is 5.60 Å². The van der Waals surface area contributed by atoms with Crippen molar-refractivity contribution >= 4 is 11.8 Å². The third-order valence-electron chi connectivity index (χ3n) is 4.60. The Morgan fingerprint density at radius 3 is 2.65 bits per heavy atom. The zero-order chi connectivity index (χ0) is 13.9. The fourth-order valence-electron chi connectivity index (χ4n) is 3.63. The predicted octanol–water partition coefficient (Wildman–Crippen LogP) is 1.52. The lowest BCUT2D eigenvalue weighted by Gasteiger charge is -2.24. The van der Waals surface area contributed by atoms with Crippen molar-refractivity contribution in [1.82, 2.24) is 4.90 Å². The molecule has 0 aliphatic carbocycles. The van der Waals surface area contributed by atoms with Crippen LogP contribution in [-0.4, -0.2) is 28.4 Å². The van der Waals surface area contributed by atoms with Gasteiger partial charge >= 0.3 is 0 Å². The lowest BCUT2D eigenvalue weighted by molar-refractivity contribution is -0.144. The third kappa shape index (κ3) is 1.40. The number of hydrogen-bond donors (Lipinski definition) is 0. The highest BCUT2D eigenvalue weighted by atomic mass is 16.5. The van der Waals surface area contributed by atoms with Gasteiger partial charge in [-0.05, 0) is 12.5 Å². The molecule has 2 saturated heterocycles. The first-order valence-corrected chi connectivity index (χ1v) is 6.86. The van der Waals surface area contributed by atoms with Gasteiger partial charge in [0.2, 0.25) is 11.8 Å². The molecule has 0 N–H and O–H groups in total. The number of nitrogens with zero attached hydrogens (tertiary/aromatic N) is 1. The number of benzene rings is 1. The highest BCUT2D eigenvalue weighted by Gasteiger charge is 2.65. The first-order chi connectivity index (χ1) is 9.60. The first kappa shape index (κ1) is 11.9. The van der Waals surface area contributed by atoms with Crippen LogP contribution in [0.2, 0.25) is 0 Å². The Bertz CT molecular complexity index is 624. The second kappa shape index (κ2) is 3.79. The van der Waals surface area contributed by atoms with Crippen molar-refractivity contribution in [3.63, 3.8) is 0 Å². The monoisotopic (exact) mass is 269 g/mol. The van der Waals surface area contributed by atoms with Gasteiger partial charge in [-0.15, -0.1) is 0 Å². The Labute approximate surface area is 117 Å². The van der Waals surface area contributed by atoms with Crippen molar-refractivity contribution in [1.29, 1.82) is 0 Å². The SMILES string of the molecule is C[C@@]12C=C[C@@H](O1)[C@H]1C(=O)N(Cc3ccccc3)C(=O)[C@H]12. The molecule has 3 heterocycles. The molecule has 0 radical (unpaired) electrons. The quantitative estimate of drug-likeness (QED) is 0.604. The van der Waals surface area contributed by atoms with E-state index in [9.17, 15) is 9.59 Å². The second-order valence-corrected chi connectivity index (χ2v) is 5.88. The maximum absolute atomic E-state index is 12.6. The van der Waals surface area contributed by atoms with Crippen molar-refractivity contribution in [2.24, 2.45) is 11.8 Å². The molecule has 20 heavy (non-hydrogen) atoms. The molecule has 4 rings (SSSR count). The summed E-state index contributed by atoms with van der Waals surface area (Å²) in [5.74, 6) is -0.880. The number of likely N-dealkylation sites (tertiary alicyclic amines) is 1. The molecule has 0 aromatic heterocycles. The zero-order valence-electron chi connectivity index (χ0n) is 11.2. The zero-order valence-corrected chi connectivity index (χ0v) is 11.2. The van der Waals surface area contributed by atoms with Gasteiger partial charge in [-0.25, -0.2) is 0 Å². The predicted molar refractivity (Wildman–Crippen MR) is 71.4 cm³/mol. The second-order valence-electron chi connectivity index (χ2n) is 5.88. The fraction of sp³-hybridized carbons (Fsp3) is 0.375. The van der Waals surface area contributed by atoms with Gasteiger partial charge in [0.05, 0.1) is 30.1 Å². The van der Waals surface area contributed by atoms with Gasteiger partial charge < -0.3 is 4.74 Å². The Hall–Kier alpha value is -1.94. The molecule has 4 heteroatoms. The van der Waals surface area contributed by atoms with Gasteiger partial charge in [0.25, 0.3) is 0 Å². The maximum atomic E-state index is 12.6. The van der Waals surface area contributed by atoms with Crippen molar-refractivity contribution in [2.75, 3.05) is 0 Å². The molecular weight excluding hydrogens is 254 g/mol.